The highest BCUT2D eigenvalue weighted by Crippen LogP contribution is 2.33. The predicted molar refractivity (Wildman–Crippen MR) is 120 cm³/mol. The van der Waals surface area contributed by atoms with Gasteiger partial charge in [-0.25, -0.2) is 0 Å². The van der Waals surface area contributed by atoms with Gasteiger partial charge >= 0.3 is 0 Å². The topological polar surface area (TPSA) is 110 Å². The third-order valence-electron chi connectivity index (χ3n) is 4.56. The molecule has 0 spiro atoms. The van der Waals surface area contributed by atoms with E-state index in [9.17, 15) is 10.2 Å². The number of aliphatic hydroxyl groups is 1. The number of nitrogens with one attached hydrogen (secondary N) is 3. The summed E-state index contributed by atoms with van der Waals surface area (Å²) < 4.78 is 9.76. The number of aromatic hydroxyl groups is 1. The second-order valence-corrected chi connectivity index (χ2v) is 8.67. The van der Waals surface area contributed by atoms with Gasteiger partial charge in [-0.3, -0.25) is 5.41 Å². The molecule has 0 fully saturated rings. The third-order valence-corrected chi connectivity index (χ3v) is 5.31. The molecule has 3 aromatic rings. The van der Waals surface area contributed by atoms with Crippen LogP contribution in [0.5, 0.6) is 17.4 Å². The van der Waals surface area contributed by atoms with Crippen molar-refractivity contribution in [2.45, 2.75) is 26.8 Å². The van der Waals surface area contributed by atoms with Crippen LogP contribution >= 0.6 is 11.5 Å². The monoisotopic (exact) mass is 426 g/mol. The molecule has 5 N–H and O–H groups in total. The van der Waals surface area contributed by atoms with Gasteiger partial charge in [0.05, 0.1) is 12.6 Å². The first kappa shape index (κ1) is 21.6. The minimum Gasteiger partial charge on any atom is -0.492 e. The van der Waals surface area contributed by atoms with Crippen molar-refractivity contribution >= 4 is 28.1 Å². The van der Waals surface area contributed by atoms with E-state index in [4.69, 9.17) is 10.1 Å². The summed E-state index contributed by atoms with van der Waals surface area (Å²) in [5, 5.41) is 34.9. The molecule has 1 heterocycles. The van der Waals surface area contributed by atoms with E-state index in [0.29, 0.717) is 10.8 Å². The van der Waals surface area contributed by atoms with Gasteiger partial charge in [-0.2, -0.15) is 4.37 Å². The van der Waals surface area contributed by atoms with Crippen molar-refractivity contribution in [2.24, 2.45) is 5.41 Å². The third kappa shape index (κ3) is 5.28. The molecule has 1 atom stereocenters. The van der Waals surface area contributed by atoms with Crippen molar-refractivity contribution in [3.63, 3.8) is 0 Å². The lowest BCUT2D eigenvalue weighted by Gasteiger charge is -2.30. The van der Waals surface area contributed by atoms with E-state index < -0.39 is 0 Å². The molecule has 7 nitrogen and oxygen atoms in total. The van der Waals surface area contributed by atoms with Gasteiger partial charge in [0.25, 0.3) is 0 Å². The van der Waals surface area contributed by atoms with Crippen LogP contribution in [0, 0.1) is 10.8 Å². The average molecular weight is 427 g/mol. The van der Waals surface area contributed by atoms with Crippen molar-refractivity contribution in [2.75, 3.05) is 11.9 Å². The summed E-state index contributed by atoms with van der Waals surface area (Å²) in [6.07, 6.45) is 0. The van der Waals surface area contributed by atoms with E-state index in [1.165, 1.54) is 0 Å². The lowest BCUT2D eigenvalue weighted by atomic mass is 9.87. The molecule has 0 aliphatic carbocycles. The highest BCUT2D eigenvalue weighted by molar-refractivity contribution is 7.11. The minimum absolute atomic E-state index is 0.00163. The van der Waals surface area contributed by atoms with Crippen molar-refractivity contribution < 1.29 is 14.9 Å². The van der Waals surface area contributed by atoms with Crippen molar-refractivity contribution in [1.29, 1.82) is 5.41 Å². The maximum atomic E-state index is 10.2. The van der Waals surface area contributed by atoms with Crippen LogP contribution in [0.25, 0.3) is 0 Å². The van der Waals surface area contributed by atoms with Crippen molar-refractivity contribution in [1.82, 2.24) is 9.69 Å². The molecule has 158 valence electrons. The number of amidine groups is 1. The molecular weight excluding hydrogens is 400 g/mol. The van der Waals surface area contributed by atoms with Gasteiger partial charge in [-0.15, -0.1) is 0 Å². The summed E-state index contributed by atoms with van der Waals surface area (Å²) in [6.45, 7) is 5.78. The van der Waals surface area contributed by atoms with Crippen LogP contribution in [0.1, 0.15) is 26.3 Å². The number of benzene rings is 2. The van der Waals surface area contributed by atoms with E-state index >= 15 is 0 Å². The van der Waals surface area contributed by atoms with Crippen LogP contribution in [0.3, 0.4) is 0 Å². The Kier molecular flexibility index (Phi) is 6.59. The van der Waals surface area contributed by atoms with Crippen molar-refractivity contribution in [3.8, 4) is 17.4 Å². The molecule has 0 amide bonds. The van der Waals surface area contributed by atoms with E-state index in [1.54, 1.807) is 0 Å². The molecule has 1 aromatic heterocycles. The Labute approximate surface area is 180 Å². The molecule has 30 heavy (non-hydrogen) atoms. The highest BCUT2D eigenvalue weighted by Gasteiger charge is 2.27. The number of rotatable bonds is 7. The lowest BCUT2D eigenvalue weighted by Crippen LogP contribution is -2.46. The van der Waals surface area contributed by atoms with E-state index in [1.807, 2.05) is 75.4 Å². The number of nitrogens with zero attached hydrogens (tertiary/aromatic N) is 1. The minimum atomic E-state index is -0.341. The van der Waals surface area contributed by atoms with E-state index in [-0.39, 0.29) is 35.3 Å². The number of para-hydroxylation sites is 1. The molecule has 0 bridgehead atoms. The summed E-state index contributed by atoms with van der Waals surface area (Å²) in [5.74, 6) is 1.23. The number of aromatic nitrogens is 1. The zero-order chi connectivity index (χ0) is 21.7. The smallest absolute Gasteiger partial charge is 0.236 e. The molecule has 1 unspecified atom stereocenters. The zero-order valence-corrected chi connectivity index (χ0v) is 18.0. The van der Waals surface area contributed by atoms with Gasteiger partial charge in [0, 0.05) is 5.69 Å². The number of ether oxygens (including phenoxy) is 1. The summed E-state index contributed by atoms with van der Waals surface area (Å²) in [4.78, 5) is 0. The van der Waals surface area contributed by atoms with E-state index in [2.05, 4.69) is 15.0 Å². The number of hydrogen-bond acceptors (Lipinski definition) is 7. The Bertz CT molecular complexity index is 982. The summed E-state index contributed by atoms with van der Waals surface area (Å²) >= 11 is 1.06. The largest absolute Gasteiger partial charge is 0.492 e. The normalized spacial score (nSPS) is 12.3. The first-order valence-electron chi connectivity index (χ1n) is 9.53. The molecule has 0 aliphatic rings. The molecule has 0 aliphatic heterocycles. The maximum Gasteiger partial charge on any atom is 0.236 e. The zero-order valence-electron chi connectivity index (χ0n) is 17.1. The standard InChI is InChI=1S/C22H26N4O3S/c1-22(2,3)17(13-27)25-19(23)18-20(28)26-30-21(18)24-14-9-11-16(12-10-14)29-15-7-5-4-6-8-15/h4-12,17,24,27H,13H2,1-3H3,(H2,23,25)(H,26,28). The maximum absolute atomic E-state index is 10.2. The van der Waals surface area contributed by atoms with Crippen LogP contribution in [-0.2, 0) is 0 Å². The SMILES string of the molecule is CC(C)(C)C(CO)NC(=N)c1c(O)nsc1Nc1ccc(Oc2ccccc2)cc1. The number of anilines is 2. The first-order chi connectivity index (χ1) is 14.3. The fraction of sp³-hybridized carbons (Fsp3) is 0.273. The molecule has 0 saturated carbocycles. The lowest BCUT2D eigenvalue weighted by molar-refractivity contribution is 0.175. The summed E-state index contributed by atoms with van der Waals surface area (Å²) in [7, 11) is 0. The van der Waals surface area contributed by atoms with E-state index in [0.717, 1.165) is 23.0 Å². The van der Waals surface area contributed by atoms with Crippen LogP contribution in [0.15, 0.2) is 54.6 Å². The van der Waals surface area contributed by atoms with Gasteiger partial charge in [-0.05, 0) is 53.3 Å². The molecular formula is C22H26N4O3S. The average Bonchev–Trinajstić information content (AvgIpc) is 3.07. The molecule has 2 aromatic carbocycles. The fourth-order valence-electron chi connectivity index (χ4n) is 2.74. The van der Waals surface area contributed by atoms with Crippen LogP contribution in [-0.4, -0.2) is 33.1 Å². The van der Waals surface area contributed by atoms with Crippen LogP contribution in [0.4, 0.5) is 10.7 Å². The Morgan fingerprint density at radius 2 is 1.73 bits per heavy atom. The fourth-order valence-corrected chi connectivity index (χ4v) is 3.45. The van der Waals surface area contributed by atoms with Crippen LogP contribution in [0.2, 0.25) is 0 Å². The molecule has 0 saturated heterocycles. The van der Waals surface area contributed by atoms with Gasteiger partial charge < -0.3 is 25.6 Å². The molecule has 8 heteroatoms. The second kappa shape index (κ2) is 9.15. The van der Waals surface area contributed by atoms with Crippen molar-refractivity contribution in [3.05, 3.63) is 60.2 Å². The Hall–Kier alpha value is -3.10. The van der Waals surface area contributed by atoms with Gasteiger partial charge in [0.1, 0.15) is 27.9 Å². The summed E-state index contributed by atoms with van der Waals surface area (Å²) in [5.41, 5.74) is 0.775. The number of aliphatic hydroxyl groups excluding tert-OH is 1. The molecule has 0 radical (unpaired) electrons. The van der Waals surface area contributed by atoms with Gasteiger partial charge in [0.2, 0.25) is 5.88 Å². The highest BCUT2D eigenvalue weighted by atomic mass is 32.1. The quantitative estimate of drug-likeness (QED) is 0.276. The predicted octanol–water partition coefficient (Wildman–Crippen LogP) is 4.71. The second-order valence-electron chi connectivity index (χ2n) is 7.90. The number of hydrogen-bond donors (Lipinski definition) is 5. The molecule has 3 rings (SSSR count). The Morgan fingerprint density at radius 1 is 1.10 bits per heavy atom. The summed E-state index contributed by atoms with van der Waals surface area (Å²) in [6, 6.07) is 16.5. The Balaban J connectivity index is 1.72. The van der Waals surface area contributed by atoms with Crippen LogP contribution < -0.4 is 15.4 Å². The van der Waals surface area contributed by atoms with Gasteiger partial charge in [-0.1, -0.05) is 39.0 Å². The first-order valence-corrected chi connectivity index (χ1v) is 10.3. The van der Waals surface area contributed by atoms with Gasteiger partial charge in [0.15, 0.2) is 0 Å². The Morgan fingerprint density at radius 3 is 2.33 bits per heavy atom.